The second-order valence-corrected chi connectivity index (χ2v) is 10.6. The number of hydrogen-bond acceptors (Lipinski definition) is 6. The molecule has 2 N–H and O–H groups in total. The topological polar surface area (TPSA) is 113 Å². The van der Waals surface area contributed by atoms with Crippen molar-refractivity contribution in [2.24, 2.45) is 0 Å². The van der Waals surface area contributed by atoms with Crippen LogP contribution in [0.1, 0.15) is 72.5 Å². The number of ketones is 1. The summed E-state index contributed by atoms with van der Waals surface area (Å²) in [5.41, 5.74) is 3.20. The molecule has 0 radical (unpaired) electrons. The first-order valence-electron chi connectivity index (χ1n) is 13.2. The molecule has 6 rings (SSSR count). The van der Waals surface area contributed by atoms with Gasteiger partial charge in [0, 0.05) is 41.1 Å². The molecule has 3 heterocycles. The van der Waals surface area contributed by atoms with E-state index in [0.717, 1.165) is 22.1 Å². The second-order valence-electron chi connectivity index (χ2n) is 10.6. The minimum absolute atomic E-state index is 0.102. The van der Waals surface area contributed by atoms with Gasteiger partial charge >= 0.3 is 0 Å². The van der Waals surface area contributed by atoms with Gasteiger partial charge in [-0.3, -0.25) is 14.4 Å². The number of carbonyl (C=O) groups excluding carboxylic acids is 2. The molecule has 1 amide bonds. The number of aromatic nitrogens is 2. The number of hydrogen-bond donors (Lipinski definition) is 2. The molecule has 2 atom stereocenters. The van der Waals surface area contributed by atoms with Gasteiger partial charge < -0.3 is 19.7 Å². The Bertz CT molecular complexity index is 1630. The summed E-state index contributed by atoms with van der Waals surface area (Å²) in [5.74, 6) is -1.07. The van der Waals surface area contributed by atoms with Crippen molar-refractivity contribution in [1.29, 1.82) is 0 Å². The summed E-state index contributed by atoms with van der Waals surface area (Å²) in [6.07, 6.45) is 1.62. The van der Waals surface area contributed by atoms with Gasteiger partial charge in [-0.1, -0.05) is 6.92 Å². The van der Waals surface area contributed by atoms with Crippen molar-refractivity contribution in [3.63, 3.8) is 0 Å². The molecule has 0 saturated heterocycles. The van der Waals surface area contributed by atoms with Gasteiger partial charge in [0.15, 0.2) is 5.78 Å². The molecular weight excluding hydrogens is 489 g/mol. The summed E-state index contributed by atoms with van der Waals surface area (Å²) in [4.78, 5) is 45.7. The van der Waals surface area contributed by atoms with E-state index in [2.05, 4.69) is 0 Å². The van der Waals surface area contributed by atoms with Crippen LogP contribution in [0, 0.1) is 12.7 Å². The summed E-state index contributed by atoms with van der Waals surface area (Å²) in [6.45, 7) is 5.31. The molecule has 1 aromatic carbocycles. The molecule has 0 saturated carbocycles. The Hall–Kier alpha value is -3.43. The molecule has 0 unspecified atom stereocenters. The van der Waals surface area contributed by atoms with Gasteiger partial charge in [0.1, 0.15) is 18.0 Å². The Balaban J connectivity index is 1.68. The zero-order chi connectivity index (χ0) is 27.1. The van der Waals surface area contributed by atoms with Crippen LogP contribution in [-0.2, 0) is 34.6 Å². The Morgan fingerprint density at radius 3 is 2.63 bits per heavy atom. The van der Waals surface area contributed by atoms with Gasteiger partial charge in [-0.25, -0.2) is 9.37 Å². The van der Waals surface area contributed by atoms with Crippen LogP contribution >= 0.6 is 0 Å². The Morgan fingerprint density at radius 1 is 1.18 bits per heavy atom. The smallest absolute Gasteiger partial charge is 0.254 e. The lowest BCUT2D eigenvalue weighted by atomic mass is 9.77. The molecule has 9 heteroatoms. The number of Topliss-reactive ketones (excluding diaryl/α,β-unsaturated/α-hetero) is 1. The van der Waals surface area contributed by atoms with E-state index >= 15 is 4.39 Å². The van der Waals surface area contributed by atoms with Crippen molar-refractivity contribution >= 4 is 22.6 Å². The van der Waals surface area contributed by atoms with Crippen molar-refractivity contribution in [2.75, 3.05) is 13.2 Å². The summed E-state index contributed by atoms with van der Waals surface area (Å²) in [5, 5.41) is 21.8. The summed E-state index contributed by atoms with van der Waals surface area (Å²) < 4.78 is 16.6. The summed E-state index contributed by atoms with van der Waals surface area (Å²) >= 11 is 0. The van der Waals surface area contributed by atoms with Crippen molar-refractivity contribution in [1.82, 2.24) is 14.5 Å². The third-order valence-corrected chi connectivity index (χ3v) is 8.90. The highest BCUT2D eigenvalue weighted by Crippen LogP contribution is 2.47. The second kappa shape index (κ2) is 8.54. The summed E-state index contributed by atoms with van der Waals surface area (Å²) in [7, 11) is 0. The number of pyridine rings is 2. The van der Waals surface area contributed by atoms with Crippen LogP contribution in [0.25, 0.3) is 22.3 Å². The van der Waals surface area contributed by atoms with E-state index in [1.54, 1.807) is 29.4 Å². The van der Waals surface area contributed by atoms with E-state index in [-0.39, 0.29) is 49.0 Å². The standard InChI is InChI=1S/C29H30FN3O5/c1-4-29(38)18-10-22-27-17(12-33(22)28(37)16(18)7-9-23(29)35)26-21(32(5-2)24(36)13-34)8-6-15-14(3)19(30)11-20(31-27)25(15)26/h10-11,21,34,38H,4-9,12-13H2,1-3H3/t21-,29-/m0/s1. The predicted octanol–water partition coefficient (Wildman–Crippen LogP) is 2.81. The van der Waals surface area contributed by atoms with Gasteiger partial charge in [-0.15, -0.1) is 0 Å². The Labute approximate surface area is 218 Å². The van der Waals surface area contributed by atoms with Gasteiger partial charge in [0.05, 0.1) is 29.5 Å². The third-order valence-electron chi connectivity index (χ3n) is 8.90. The van der Waals surface area contributed by atoms with Crippen molar-refractivity contribution in [2.45, 2.75) is 71.1 Å². The van der Waals surface area contributed by atoms with E-state index in [4.69, 9.17) is 4.98 Å². The van der Waals surface area contributed by atoms with Crippen LogP contribution in [0.4, 0.5) is 4.39 Å². The molecule has 8 nitrogen and oxygen atoms in total. The number of rotatable bonds is 4. The molecule has 3 aromatic rings. The van der Waals surface area contributed by atoms with E-state index < -0.39 is 18.1 Å². The minimum Gasteiger partial charge on any atom is -0.387 e. The van der Waals surface area contributed by atoms with Crippen molar-refractivity contribution in [3.05, 3.63) is 61.7 Å². The van der Waals surface area contributed by atoms with Crippen molar-refractivity contribution in [3.8, 4) is 11.4 Å². The number of carbonyl (C=O) groups is 2. The molecule has 38 heavy (non-hydrogen) atoms. The first-order valence-corrected chi connectivity index (χ1v) is 13.2. The lowest BCUT2D eigenvalue weighted by Gasteiger charge is -2.36. The monoisotopic (exact) mass is 519 g/mol. The first-order chi connectivity index (χ1) is 18.2. The van der Waals surface area contributed by atoms with Gasteiger partial charge in [-0.2, -0.15) is 0 Å². The average Bonchev–Trinajstić information content (AvgIpc) is 3.29. The normalized spacial score (nSPS) is 21.3. The molecule has 0 spiro atoms. The van der Waals surface area contributed by atoms with Gasteiger partial charge in [-0.05, 0) is 62.3 Å². The predicted molar refractivity (Wildman–Crippen MR) is 138 cm³/mol. The zero-order valence-corrected chi connectivity index (χ0v) is 21.7. The SMILES string of the molecule is CCN(C(=O)CO)[C@H]1CCc2c(C)c(F)cc3nc4c(c1c23)Cn1c-4cc2c(c1=O)CCC(=O)[C@]2(O)CC. The number of halogens is 1. The van der Waals surface area contributed by atoms with E-state index in [0.29, 0.717) is 53.0 Å². The van der Waals surface area contributed by atoms with Crippen molar-refractivity contribution < 1.29 is 24.2 Å². The number of benzene rings is 1. The molecule has 2 aromatic heterocycles. The fraction of sp³-hybridized carbons (Fsp3) is 0.448. The van der Waals surface area contributed by atoms with Crippen LogP contribution < -0.4 is 5.56 Å². The lowest BCUT2D eigenvalue weighted by Crippen LogP contribution is -2.43. The number of nitrogens with zero attached hydrogens (tertiary/aromatic N) is 3. The van der Waals surface area contributed by atoms with Crippen LogP contribution in [0.2, 0.25) is 0 Å². The van der Waals surface area contributed by atoms with Crippen LogP contribution in [0.3, 0.4) is 0 Å². The minimum atomic E-state index is -1.73. The molecular formula is C29H30FN3O5. The average molecular weight is 520 g/mol. The zero-order valence-electron chi connectivity index (χ0n) is 21.7. The summed E-state index contributed by atoms with van der Waals surface area (Å²) in [6, 6.07) is 2.73. The molecule has 198 valence electrons. The highest BCUT2D eigenvalue weighted by atomic mass is 19.1. The molecule has 1 aliphatic heterocycles. The quantitative estimate of drug-likeness (QED) is 0.429. The Kier molecular flexibility index (Phi) is 5.59. The number of amides is 1. The number of aliphatic hydroxyl groups excluding tert-OH is 1. The maximum absolute atomic E-state index is 15.0. The van der Waals surface area contributed by atoms with E-state index in [9.17, 15) is 24.6 Å². The van der Waals surface area contributed by atoms with Crippen LogP contribution in [0.15, 0.2) is 16.9 Å². The number of likely N-dealkylation sites (N-methyl/N-ethyl adjacent to an activating group) is 1. The van der Waals surface area contributed by atoms with E-state index in [1.807, 2.05) is 6.92 Å². The molecule has 0 bridgehead atoms. The molecule has 3 aliphatic rings. The van der Waals surface area contributed by atoms with Crippen LogP contribution in [-0.4, -0.2) is 49.5 Å². The molecule has 0 fully saturated rings. The highest BCUT2D eigenvalue weighted by molar-refractivity contribution is 5.94. The first kappa shape index (κ1) is 24.9. The van der Waals surface area contributed by atoms with Gasteiger partial charge in [0.2, 0.25) is 5.91 Å². The maximum Gasteiger partial charge on any atom is 0.254 e. The lowest BCUT2D eigenvalue weighted by molar-refractivity contribution is -0.140. The highest BCUT2D eigenvalue weighted by Gasteiger charge is 2.44. The third kappa shape index (κ3) is 3.15. The Morgan fingerprint density at radius 2 is 1.95 bits per heavy atom. The largest absolute Gasteiger partial charge is 0.387 e. The maximum atomic E-state index is 15.0. The number of aryl methyl sites for hydroxylation is 1. The fourth-order valence-electron chi connectivity index (χ4n) is 6.89. The number of aliphatic hydroxyl groups is 2. The fourth-order valence-corrected chi connectivity index (χ4v) is 6.89. The van der Waals surface area contributed by atoms with Gasteiger partial charge in [0.25, 0.3) is 5.56 Å². The van der Waals surface area contributed by atoms with Crippen LogP contribution in [0.5, 0.6) is 0 Å². The number of fused-ring (bicyclic) bond motifs is 5. The van der Waals surface area contributed by atoms with E-state index in [1.165, 1.54) is 6.07 Å². The molecule has 2 aliphatic carbocycles.